The largest absolute Gasteiger partial charge is 0.493 e. The molecule has 1 fully saturated rings. The molecule has 0 saturated carbocycles. The summed E-state index contributed by atoms with van der Waals surface area (Å²) in [5.41, 5.74) is 8.39. The molecule has 228 valence electrons. The zero-order valence-electron chi connectivity index (χ0n) is 25.0. The van der Waals surface area contributed by atoms with Gasteiger partial charge in [-0.05, 0) is 67.9 Å². The lowest BCUT2D eigenvalue weighted by molar-refractivity contribution is -0.135. The highest BCUT2D eigenvalue weighted by Gasteiger charge is 2.21. The third kappa shape index (κ3) is 8.87. The number of para-hydroxylation sites is 1. The number of nitrogens with two attached hydrogens (primary N) is 1. The number of hydrogen-bond donors (Lipinski definition) is 2. The molecular weight excluding hydrogens is 546 g/mol. The second kappa shape index (κ2) is 15.8. The highest BCUT2D eigenvalue weighted by atomic mass is 16.7. The Morgan fingerprint density at radius 2 is 1.60 bits per heavy atom. The van der Waals surface area contributed by atoms with Crippen molar-refractivity contribution in [3.8, 4) is 16.9 Å². The summed E-state index contributed by atoms with van der Waals surface area (Å²) in [4.78, 5) is 49.0. The van der Waals surface area contributed by atoms with E-state index in [0.29, 0.717) is 60.5 Å². The minimum absolute atomic E-state index is 0.111. The molecule has 0 aliphatic carbocycles. The Morgan fingerprint density at radius 3 is 2.35 bits per heavy atom. The first kappa shape index (κ1) is 31.7. The Balaban J connectivity index is 1.42. The molecule has 0 atom stereocenters. The van der Waals surface area contributed by atoms with Gasteiger partial charge in [-0.15, -0.1) is 0 Å². The van der Waals surface area contributed by atoms with Crippen molar-refractivity contribution in [2.75, 3.05) is 65.3 Å². The summed E-state index contributed by atoms with van der Waals surface area (Å²) in [7, 11) is 3.62. The molecule has 43 heavy (non-hydrogen) atoms. The first-order chi connectivity index (χ1) is 20.9. The Labute approximate surface area is 253 Å². The van der Waals surface area contributed by atoms with E-state index in [1.54, 1.807) is 43.4 Å². The fourth-order valence-electron chi connectivity index (χ4n) is 4.78. The molecule has 0 bridgehead atoms. The lowest BCUT2D eigenvalue weighted by Crippen LogP contribution is -2.47. The van der Waals surface area contributed by atoms with Gasteiger partial charge in [0.1, 0.15) is 5.75 Å². The monoisotopic (exact) mass is 587 g/mol. The summed E-state index contributed by atoms with van der Waals surface area (Å²) < 4.78 is 5.77. The molecule has 1 aliphatic rings. The van der Waals surface area contributed by atoms with Crippen LogP contribution in [-0.4, -0.2) is 92.6 Å². The van der Waals surface area contributed by atoms with Crippen LogP contribution in [0.1, 0.15) is 40.0 Å². The van der Waals surface area contributed by atoms with Crippen molar-refractivity contribution in [2.24, 2.45) is 5.73 Å². The van der Waals surface area contributed by atoms with Crippen LogP contribution in [0.2, 0.25) is 0 Å². The van der Waals surface area contributed by atoms with Crippen LogP contribution in [0.4, 0.5) is 5.69 Å². The molecule has 0 spiro atoms. The van der Waals surface area contributed by atoms with E-state index in [0.717, 1.165) is 31.7 Å². The van der Waals surface area contributed by atoms with E-state index in [-0.39, 0.29) is 24.3 Å². The van der Waals surface area contributed by atoms with E-state index < -0.39 is 0 Å². The summed E-state index contributed by atoms with van der Waals surface area (Å²) in [5.74, 6) is -0.0688. The third-order valence-corrected chi connectivity index (χ3v) is 7.29. The number of likely N-dealkylation sites (N-methyl/N-ethyl adjacent to an activating group) is 1. The second-order valence-electron chi connectivity index (χ2n) is 10.5. The summed E-state index contributed by atoms with van der Waals surface area (Å²) in [6.45, 7) is 4.38. The number of rotatable bonds is 13. The number of benzene rings is 3. The van der Waals surface area contributed by atoms with E-state index in [1.807, 2.05) is 41.3 Å². The Kier molecular flexibility index (Phi) is 11.7. The number of carbonyl (C=O) groups excluding carboxylic acids is 3. The summed E-state index contributed by atoms with van der Waals surface area (Å²) >= 11 is 0. The van der Waals surface area contributed by atoms with E-state index in [4.69, 9.17) is 15.3 Å². The minimum atomic E-state index is -0.333. The van der Waals surface area contributed by atoms with Gasteiger partial charge in [-0.2, -0.15) is 0 Å². The maximum atomic E-state index is 13.5. The molecule has 1 saturated heterocycles. The van der Waals surface area contributed by atoms with Gasteiger partial charge in [-0.3, -0.25) is 19.2 Å². The number of anilines is 1. The number of piperazine rings is 1. The van der Waals surface area contributed by atoms with Crippen LogP contribution in [0.5, 0.6) is 5.75 Å². The molecular formula is C33H41N5O5. The van der Waals surface area contributed by atoms with Gasteiger partial charge in [0.05, 0.1) is 18.8 Å². The predicted molar refractivity (Wildman–Crippen MR) is 167 cm³/mol. The maximum absolute atomic E-state index is 13.5. The number of nitrogens with zero attached hydrogens (tertiary/aromatic N) is 3. The smallest absolute Gasteiger partial charge is 0.277 e. The van der Waals surface area contributed by atoms with Gasteiger partial charge in [0.15, 0.2) is 0 Å². The van der Waals surface area contributed by atoms with E-state index >= 15 is 0 Å². The number of carbonyl (C=O) groups is 3. The fraction of sp³-hybridized carbons (Fsp3) is 0.364. The quantitative estimate of drug-likeness (QED) is 0.230. The molecule has 0 unspecified atom stereocenters. The molecule has 0 radical (unpaired) electrons. The molecule has 10 heteroatoms. The first-order valence-electron chi connectivity index (χ1n) is 14.7. The molecule has 4 rings (SSSR count). The second-order valence-corrected chi connectivity index (χ2v) is 10.5. The molecule has 0 aromatic heterocycles. The molecule has 1 aliphatic heterocycles. The molecule has 3 aromatic rings. The van der Waals surface area contributed by atoms with Crippen molar-refractivity contribution in [3.05, 3.63) is 83.9 Å². The average Bonchev–Trinajstić information content (AvgIpc) is 3.03. The predicted octanol–water partition coefficient (Wildman–Crippen LogP) is 3.89. The van der Waals surface area contributed by atoms with Crippen LogP contribution in [0, 0.1) is 0 Å². The topological polar surface area (TPSA) is 117 Å². The molecule has 3 N–H and O–H groups in total. The molecule has 10 nitrogen and oxygen atoms in total. The number of hydrogen-bond acceptors (Lipinski definition) is 7. The van der Waals surface area contributed by atoms with Crippen LogP contribution >= 0.6 is 0 Å². The Morgan fingerprint density at radius 1 is 0.884 bits per heavy atom. The Hall–Kier alpha value is -4.25. The summed E-state index contributed by atoms with van der Waals surface area (Å²) in [6, 6.07) is 21.7. The van der Waals surface area contributed by atoms with Gasteiger partial charge in [0.2, 0.25) is 5.91 Å². The van der Waals surface area contributed by atoms with Crippen molar-refractivity contribution < 1.29 is 24.0 Å². The van der Waals surface area contributed by atoms with Crippen molar-refractivity contribution in [1.82, 2.24) is 14.9 Å². The van der Waals surface area contributed by atoms with Crippen LogP contribution in [0.25, 0.3) is 11.1 Å². The average molecular weight is 588 g/mol. The minimum Gasteiger partial charge on any atom is -0.493 e. The van der Waals surface area contributed by atoms with Gasteiger partial charge in [0, 0.05) is 50.9 Å². The SMILES string of the molecule is CN1CCN(C(=O)CCCON(C)C(=O)c2ccc(NC(=O)c3ccccc3OCCCN)cc2-c2ccccc2)CC1. The third-order valence-electron chi connectivity index (χ3n) is 7.29. The maximum Gasteiger partial charge on any atom is 0.277 e. The lowest BCUT2D eigenvalue weighted by atomic mass is 9.98. The zero-order valence-corrected chi connectivity index (χ0v) is 25.0. The van der Waals surface area contributed by atoms with Crippen molar-refractivity contribution in [2.45, 2.75) is 19.3 Å². The van der Waals surface area contributed by atoms with Crippen molar-refractivity contribution >= 4 is 23.4 Å². The number of hydroxylamine groups is 2. The normalized spacial score (nSPS) is 13.4. The van der Waals surface area contributed by atoms with Crippen molar-refractivity contribution in [3.63, 3.8) is 0 Å². The first-order valence-corrected chi connectivity index (χ1v) is 14.7. The van der Waals surface area contributed by atoms with E-state index in [2.05, 4.69) is 17.3 Å². The molecule has 1 heterocycles. The van der Waals surface area contributed by atoms with Gasteiger partial charge < -0.3 is 25.6 Å². The van der Waals surface area contributed by atoms with Crippen LogP contribution in [0.15, 0.2) is 72.8 Å². The highest BCUT2D eigenvalue weighted by Crippen LogP contribution is 2.29. The number of ether oxygens (including phenoxy) is 1. The fourth-order valence-corrected chi connectivity index (χ4v) is 4.78. The van der Waals surface area contributed by atoms with E-state index in [1.165, 1.54) is 5.06 Å². The van der Waals surface area contributed by atoms with E-state index in [9.17, 15) is 14.4 Å². The Bertz CT molecular complexity index is 1380. The standard InChI is InChI=1S/C33H41N5O5/c1-36-18-20-38(21-19-36)31(39)14-8-23-43-37(2)33(41)27-16-15-26(24-29(27)25-10-4-3-5-11-25)35-32(40)28-12-6-7-13-30(28)42-22-9-17-34/h3-7,10-13,15-16,24H,8-9,14,17-23,34H2,1-2H3,(H,35,40). The van der Waals surface area contributed by atoms with Gasteiger partial charge >= 0.3 is 0 Å². The summed E-state index contributed by atoms with van der Waals surface area (Å²) in [6.07, 6.45) is 1.56. The van der Waals surface area contributed by atoms with Crippen LogP contribution < -0.4 is 15.8 Å². The lowest BCUT2D eigenvalue weighted by Gasteiger charge is -2.32. The van der Waals surface area contributed by atoms with Gasteiger partial charge in [0.25, 0.3) is 11.8 Å². The van der Waals surface area contributed by atoms with Crippen LogP contribution in [0.3, 0.4) is 0 Å². The molecule has 3 amide bonds. The zero-order chi connectivity index (χ0) is 30.6. The number of amides is 3. The van der Waals surface area contributed by atoms with Gasteiger partial charge in [-0.1, -0.05) is 42.5 Å². The highest BCUT2D eigenvalue weighted by molar-refractivity contribution is 6.07. The van der Waals surface area contributed by atoms with Gasteiger partial charge in [-0.25, -0.2) is 5.06 Å². The summed E-state index contributed by atoms with van der Waals surface area (Å²) in [5, 5.41) is 4.14. The molecule has 3 aromatic carbocycles. The number of nitrogens with one attached hydrogen (secondary N) is 1. The van der Waals surface area contributed by atoms with Crippen LogP contribution in [-0.2, 0) is 9.63 Å². The van der Waals surface area contributed by atoms with Crippen molar-refractivity contribution in [1.29, 1.82) is 0 Å².